The molecule has 3 rings (SSSR count). The first kappa shape index (κ1) is 24.9. The van der Waals surface area contributed by atoms with Crippen molar-refractivity contribution in [3.05, 3.63) is 42.1 Å². The summed E-state index contributed by atoms with van der Waals surface area (Å²) in [7, 11) is -0.334. The Morgan fingerprint density at radius 1 is 1.30 bits per heavy atom. The second kappa shape index (κ2) is 10.1. The predicted octanol–water partition coefficient (Wildman–Crippen LogP) is 1.87. The highest BCUT2D eigenvalue weighted by Crippen LogP contribution is 2.31. The minimum absolute atomic E-state index is 0.108. The van der Waals surface area contributed by atoms with E-state index in [1.807, 2.05) is 31.2 Å². The van der Waals surface area contributed by atoms with E-state index in [2.05, 4.69) is 4.98 Å². The number of ether oxygens (including phenoxy) is 2. The fourth-order valence-electron chi connectivity index (χ4n) is 3.65. The van der Waals surface area contributed by atoms with E-state index in [0.29, 0.717) is 12.3 Å². The summed E-state index contributed by atoms with van der Waals surface area (Å²) in [6.07, 6.45) is 2.22. The Labute approximate surface area is 195 Å². The zero-order valence-electron chi connectivity index (χ0n) is 19.6. The number of hydrogen-bond donors (Lipinski definition) is 1. The topological polar surface area (TPSA) is 109 Å². The van der Waals surface area contributed by atoms with E-state index in [9.17, 15) is 18.3 Å². The molecule has 3 atom stereocenters. The number of pyridine rings is 1. The average Bonchev–Trinajstić information content (AvgIpc) is 2.79. The molecule has 180 valence electrons. The SMILES string of the molecule is COc1ccc(-c2cnc3c(c2)C(=O)N([C@H](C)CO)C[C@@H](C)[C@@H](CN(C)S(C)(=O)=O)O3)cc1. The summed E-state index contributed by atoms with van der Waals surface area (Å²) in [6, 6.07) is 8.68. The number of nitrogens with zero attached hydrogens (tertiary/aromatic N) is 3. The molecule has 10 heteroatoms. The predicted molar refractivity (Wildman–Crippen MR) is 125 cm³/mol. The smallest absolute Gasteiger partial charge is 0.259 e. The van der Waals surface area contributed by atoms with Gasteiger partial charge in [-0.1, -0.05) is 19.1 Å². The van der Waals surface area contributed by atoms with Crippen LogP contribution in [0.1, 0.15) is 24.2 Å². The van der Waals surface area contributed by atoms with E-state index >= 15 is 0 Å². The fraction of sp³-hybridized carbons (Fsp3) is 0.478. The van der Waals surface area contributed by atoms with Crippen molar-refractivity contribution in [1.29, 1.82) is 0 Å². The van der Waals surface area contributed by atoms with Crippen molar-refractivity contribution in [1.82, 2.24) is 14.2 Å². The zero-order valence-corrected chi connectivity index (χ0v) is 20.4. The molecule has 0 saturated heterocycles. The standard InChI is InChI=1S/C23H31N3O6S/c1-15-12-26(16(2)14-27)23(28)20-10-18(17-6-8-19(31-4)9-7-17)11-24-22(20)32-21(15)13-25(3)33(5,29)30/h6-11,15-16,21,27H,12-14H2,1-5H3/t15-,16-,21-/m1/s1. The van der Waals surface area contributed by atoms with Gasteiger partial charge >= 0.3 is 0 Å². The summed E-state index contributed by atoms with van der Waals surface area (Å²) >= 11 is 0. The summed E-state index contributed by atoms with van der Waals surface area (Å²) in [4.78, 5) is 19.5. The lowest BCUT2D eigenvalue weighted by molar-refractivity contribution is 0.0374. The Morgan fingerprint density at radius 2 is 1.97 bits per heavy atom. The second-order valence-electron chi connectivity index (χ2n) is 8.47. The van der Waals surface area contributed by atoms with Crippen LogP contribution in [0.4, 0.5) is 0 Å². The largest absolute Gasteiger partial charge is 0.497 e. The number of sulfonamides is 1. The first-order valence-electron chi connectivity index (χ1n) is 10.7. The van der Waals surface area contributed by atoms with E-state index in [0.717, 1.165) is 17.4 Å². The Kier molecular flexibility index (Phi) is 7.61. The van der Waals surface area contributed by atoms with Gasteiger partial charge in [-0.3, -0.25) is 4.79 Å². The van der Waals surface area contributed by atoms with E-state index in [1.165, 1.54) is 11.4 Å². The third kappa shape index (κ3) is 5.63. The number of aliphatic hydroxyl groups excluding tert-OH is 1. The van der Waals surface area contributed by atoms with Crippen LogP contribution >= 0.6 is 0 Å². The number of benzene rings is 1. The van der Waals surface area contributed by atoms with Gasteiger partial charge in [-0.25, -0.2) is 17.7 Å². The van der Waals surface area contributed by atoms with Gasteiger partial charge < -0.3 is 19.5 Å². The minimum atomic E-state index is -3.42. The van der Waals surface area contributed by atoms with Gasteiger partial charge in [0.05, 0.1) is 32.6 Å². The molecule has 0 bridgehead atoms. The lowest BCUT2D eigenvalue weighted by Gasteiger charge is -2.37. The first-order valence-corrected chi connectivity index (χ1v) is 12.5. The Bertz CT molecular complexity index is 1090. The number of likely N-dealkylation sites (N-methyl/N-ethyl adjacent to an activating group) is 1. The molecular formula is C23H31N3O6S. The maximum Gasteiger partial charge on any atom is 0.259 e. The van der Waals surface area contributed by atoms with Crippen molar-refractivity contribution < 1.29 is 27.8 Å². The molecule has 1 N–H and O–H groups in total. The van der Waals surface area contributed by atoms with E-state index in [4.69, 9.17) is 9.47 Å². The number of amides is 1. The number of rotatable bonds is 7. The number of fused-ring (bicyclic) bond motifs is 1. The van der Waals surface area contributed by atoms with Crippen LogP contribution in [0.15, 0.2) is 36.5 Å². The highest BCUT2D eigenvalue weighted by molar-refractivity contribution is 7.88. The van der Waals surface area contributed by atoms with Gasteiger partial charge in [0.25, 0.3) is 5.91 Å². The molecule has 0 radical (unpaired) electrons. The highest BCUT2D eigenvalue weighted by atomic mass is 32.2. The molecule has 1 aliphatic heterocycles. The number of methoxy groups -OCH3 is 1. The molecule has 2 aromatic rings. The molecule has 0 fully saturated rings. The summed E-state index contributed by atoms with van der Waals surface area (Å²) < 4.78 is 36.5. The van der Waals surface area contributed by atoms with Crippen LogP contribution in [-0.4, -0.2) is 85.9 Å². The van der Waals surface area contributed by atoms with Crippen molar-refractivity contribution >= 4 is 15.9 Å². The average molecular weight is 478 g/mol. The summed E-state index contributed by atoms with van der Waals surface area (Å²) in [6.45, 7) is 3.87. The highest BCUT2D eigenvalue weighted by Gasteiger charge is 2.35. The zero-order chi connectivity index (χ0) is 24.3. The van der Waals surface area contributed by atoms with Gasteiger partial charge in [0, 0.05) is 31.3 Å². The van der Waals surface area contributed by atoms with Crippen LogP contribution in [0.3, 0.4) is 0 Å². The molecule has 1 aliphatic rings. The Balaban J connectivity index is 2.05. The van der Waals surface area contributed by atoms with Crippen molar-refractivity contribution in [3.63, 3.8) is 0 Å². The van der Waals surface area contributed by atoms with Crippen LogP contribution in [0.2, 0.25) is 0 Å². The number of hydrogen-bond acceptors (Lipinski definition) is 7. The summed E-state index contributed by atoms with van der Waals surface area (Å²) in [5, 5.41) is 9.76. The first-order chi connectivity index (χ1) is 15.5. The molecule has 9 nitrogen and oxygen atoms in total. The number of carbonyl (C=O) groups excluding carboxylic acids is 1. The molecular weight excluding hydrogens is 446 g/mol. The van der Waals surface area contributed by atoms with Crippen LogP contribution < -0.4 is 9.47 Å². The Morgan fingerprint density at radius 3 is 2.55 bits per heavy atom. The number of aromatic nitrogens is 1. The molecule has 0 saturated carbocycles. The molecule has 1 aromatic heterocycles. The fourth-order valence-corrected chi connectivity index (χ4v) is 4.07. The van der Waals surface area contributed by atoms with Crippen LogP contribution in [0, 0.1) is 5.92 Å². The van der Waals surface area contributed by atoms with Crippen LogP contribution in [0.5, 0.6) is 11.6 Å². The molecule has 0 aliphatic carbocycles. The lowest BCUT2D eigenvalue weighted by Crippen LogP contribution is -2.50. The third-order valence-electron chi connectivity index (χ3n) is 5.95. The quantitative estimate of drug-likeness (QED) is 0.648. The van der Waals surface area contributed by atoms with Gasteiger partial charge in [0.2, 0.25) is 15.9 Å². The summed E-state index contributed by atoms with van der Waals surface area (Å²) in [5.41, 5.74) is 1.84. The van der Waals surface area contributed by atoms with Gasteiger partial charge in [-0.2, -0.15) is 0 Å². The maximum atomic E-state index is 13.5. The second-order valence-corrected chi connectivity index (χ2v) is 10.6. The lowest BCUT2D eigenvalue weighted by atomic mass is 9.99. The Hall–Kier alpha value is -2.69. The number of aliphatic hydroxyl groups is 1. The van der Waals surface area contributed by atoms with E-state index in [-0.39, 0.29) is 36.4 Å². The third-order valence-corrected chi connectivity index (χ3v) is 7.23. The van der Waals surface area contributed by atoms with Gasteiger partial charge in [-0.05, 0) is 30.7 Å². The molecule has 2 heterocycles. The molecule has 0 spiro atoms. The van der Waals surface area contributed by atoms with Crippen LogP contribution in [-0.2, 0) is 10.0 Å². The van der Waals surface area contributed by atoms with Crippen LogP contribution in [0.25, 0.3) is 11.1 Å². The van der Waals surface area contributed by atoms with Crippen molar-refractivity contribution in [2.24, 2.45) is 5.92 Å². The van der Waals surface area contributed by atoms with Crippen molar-refractivity contribution in [2.45, 2.75) is 26.0 Å². The van der Waals surface area contributed by atoms with Crippen molar-refractivity contribution in [2.75, 3.05) is 40.1 Å². The van der Waals surface area contributed by atoms with Gasteiger partial charge in [0.1, 0.15) is 17.4 Å². The molecule has 1 amide bonds. The monoisotopic (exact) mass is 477 g/mol. The van der Waals surface area contributed by atoms with Gasteiger partial charge in [0.15, 0.2) is 0 Å². The number of carbonyl (C=O) groups is 1. The maximum absolute atomic E-state index is 13.5. The minimum Gasteiger partial charge on any atom is -0.497 e. The summed E-state index contributed by atoms with van der Waals surface area (Å²) in [5.74, 6) is 0.359. The van der Waals surface area contributed by atoms with Crippen molar-refractivity contribution in [3.8, 4) is 22.8 Å². The molecule has 33 heavy (non-hydrogen) atoms. The van der Waals surface area contributed by atoms with E-state index in [1.54, 1.807) is 31.2 Å². The normalized spacial score (nSPS) is 20.0. The molecule has 0 unspecified atom stereocenters. The van der Waals surface area contributed by atoms with Gasteiger partial charge in [-0.15, -0.1) is 0 Å². The van der Waals surface area contributed by atoms with E-state index < -0.39 is 22.2 Å². The molecule has 1 aromatic carbocycles.